The van der Waals surface area contributed by atoms with Crippen molar-refractivity contribution in [2.75, 3.05) is 26.5 Å². The van der Waals surface area contributed by atoms with Crippen LogP contribution in [0.3, 0.4) is 0 Å². The zero-order valence-corrected chi connectivity index (χ0v) is 16.8. The number of ether oxygens (including phenoxy) is 1. The van der Waals surface area contributed by atoms with Crippen molar-refractivity contribution in [2.24, 2.45) is 0 Å². The molecule has 0 radical (unpaired) electrons. The maximum Gasteiger partial charge on any atom is 0.419 e. The highest BCUT2D eigenvalue weighted by molar-refractivity contribution is 5.62. The number of hydrogen-bond donors (Lipinski definition) is 3. The summed E-state index contributed by atoms with van der Waals surface area (Å²) in [5.41, 5.74) is 0.444. The predicted molar refractivity (Wildman–Crippen MR) is 106 cm³/mol. The van der Waals surface area contributed by atoms with Gasteiger partial charge in [-0.1, -0.05) is 29.4 Å². The van der Waals surface area contributed by atoms with E-state index in [9.17, 15) is 17.6 Å². The lowest BCUT2D eigenvalue weighted by Crippen LogP contribution is -2.35. The van der Waals surface area contributed by atoms with E-state index in [1.807, 2.05) is 0 Å². The summed E-state index contributed by atoms with van der Waals surface area (Å²) in [7, 11) is 0. The Balaban J connectivity index is 1.78. The van der Waals surface area contributed by atoms with Gasteiger partial charge in [0.25, 0.3) is 5.89 Å². The van der Waals surface area contributed by atoms with Crippen molar-refractivity contribution in [1.29, 1.82) is 0 Å². The van der Waals surface area contributed by atoms with Crippen LogP contribution in [0.15, 0.2) is 47.0 Å². The monoisotopic (exact) mass is 455 g/mol. The molecule has 0 bridgehead atoms. The molecule has 0 fully saturated rings. The fourth-order valence-corrected chi connectivity index (χ4v) is 2.84. The molecule has 0 saturated heterocycles. The van der Waals surface area contributed by atoms with Crippen LogP contribution in [0.1, 0.15) is 11.1 Å². The maximum absolute atomic E-state index is 13.4. The summed E-state index contributed by atoms with van der Waals surface area (Å²) in [6, 6.07) is 9.80. The van der Waals surface area contributed by atoms with E-state index in [0.29, 0.717) is 12.1 Å². The van der Waals surface area contributed by atoms with Crippen molar-refractivity contribution in [3.8, 4) is 28.6 Å². The smallest absolute Gasteiger partial charge is 0.419 e. The van der Waals surface area contributed by atoms with Crippen molar-refractivity contribution < 1.29 is 37.0 Å². The molecule has 0 aliphatic rings. The summed E-state index contributed by atoms with van der Waals surface area (Å²) in [6.07, 6.45) is -4.71. The Bertz CT molecular complexity index is 1010. The third-order valence-corrected chi connectivity index (χ3v) is 4.54. The van der Waals surface area contributed by atoms with Crippen LogP contribution >= 0.6 is 0 Å². The largest absolute Gasteiger partial charge is 0.490 e. The number of alkyl halides is 4. The van der Waals surface area contributed by atoms with Crippen molar-refractivity contribution in [2.45, 2.75) is 18.8 Å². The second-order valence-corrected chi connectivity index (χ2v) is 6.81. The Labute approximate surface area is 180 Å². The Morgan fingerprint density at radius 2 is 1.72 bits per heavy atom. The van der Waals surface area contributed by atoms with E-state index in [1.165, 1.54) is 6.07 Å². The average Bonchev–Trinajstić information content (AvgIpc) is 3.28. The van der Waals surface area contributed by atoms with Crippen LogP contribution in [0.4, 0.5) is 17.6 Å². The van der Waals surface area contributed by atoms with Crippen LogP contribution in [0, 0.1) is 0 Å². The summed E-state index contributed by atoms with van der Waals surface area (Å²) in [6.45, 7) is -1.37. The fourth-order valence-electron chi connectivity index (χ4n) is 2.84. The van der Waals surface area contributed by atoms with E-state index in [2.05, 4.69) is 15.5 Å². The van der Waals surface area contributed by atoms with E-state index >= 15 is 0 Å². The third kappa shape index (κ3) is 5.81. The molecule has 0 spiro atoms. The quantitative estimate of drug-likeness (QED) is 0.404. The van der Waals surface area contributed by atoms with Gasteiger partial charge in [0.1, 0.15) is 19.0 Å². The lowest BCUT2D eigenvalue weighted by molar-refractivity contribution is -0.138. The summed E-state index contributed by atoms with van der Waals surface area (Å²) >= 11 is 0. The number of nitrogens with one attached hydrogen (secondary N) is 1. The zero-order chi connectivity index (χ0) is 23.1. The first-order chi connectivity index (χ1) is 15.4. The van der Waals surface area contributed by atoms with Crippen molar-refractivity contribution >= 4 is 0 Å². The normalized spacial score (nSPS) is 11.8. The van der Waals surface area contributed by atoms with Crippen LogP contribution < -0.4 is 10.1 Å². The predicted octanol–water partition coefficient (Wildman–Crippen LogP) is 3.21. The van der Waals surface area contributed by atoms with Crippen LogP contribution in [0.25, 0.3) is 22.8 Å². The standard InChI is InChI=1S/C21H21F4N3O4/c22-7-8-31-18-6-5-15(9-17(18)21(23,24)25)20-27-19(28-32-20)14-3-1-13(2-4-14)10-26-16(11-29)12-30/h1-6,9,16,26,29-30H,7-8,10-12H2. The van der Waals surface area contributed by atoms with Crippen LogP contribution in [-0.2, 0) is 12.7 Å². The highest BCUT2D eigenvalue weighted by Gasteiger charge is 2.35. The minimum Gasteiger partial charge on any atom is -0.490 e. The minimum absolute atomic E-state index is 0.0449. The van der Waals surface area contributed by atoms with Crippen molar-refractivity contribution in [3.63, 3.8) is 0 Å². The SMILES string of the molecule is OCC(CO)NCc1ccc(-c2noc(-c3ccc(OCCF)c(C(F)(F)F)c3)n2)cc1. The van der Waals surface area contributed by atoms with Crippen LogP contribution in [0.5, 0.6) is 5.75 Å². The molecule has 172 valence electrons. The van der Waals surface area contributed by atoms with E-state index in [1.54, 1.807) is 24.3 Å². The van der Waals surface area contributed by atoms with Gasteiger partial charge in [-0.3, -0.25) is 0 Å². The van der Waals surface area contributed by atoms with Crippen molar-refractivity contribution in [1.82, 2.24) is 15.5 Å². The second-order valence-electron chi connectivity index (χ2n) is 6.81. The zero-order valence-electron chi connectivity index (χ0n) is 16.8. The number of hydrogen-bond acceptors (Lipinski definition) is 7. The van der Waals surface area contributed by atoms with Gasteiger partial charge in [0, 0.05) is 17.7 Å². The van der Waals surface area contributed by atoms with Gasteiger partial charge in [0.2, 0.25) is 5.82 Å². The van der Waals surface area contributed by atoms with Gasteiger partial charge in [-0.15, -0.1) is 0 Å². The van der Waals surface area contributed by atoms with Crippen molar-refractivity contribution in [3.05, 3.63) is 53.6 Å². The molecular formula is C21H21F4N3O4. The van der Waals surface area contributed by atoms with Gasteiger partial charge >= 0.3 is 6.18 Å². The van der Waals surface area contributed by atoms with Gasteiger partial charge in [-0.2, -0.15) is 18.2 Å². The highest BCUT2D eigenvalue weighted by atomic mass is 19.4. The Morgan fingerprint density at radius 3 is 2.34 bits per heavy atom. The Hall–Kier alpha value is -3.02. The molecule has 2 aromatic carbocycles. The van der Waals surface area contributed by atoms with E-state index < -0.39 is 36.8 Å². The molecular weight excluding hydrogens is 434 g/mol. The molecule has 32 heavy (non-hydrogen) atoms. The molecule has 0 amide bonds. The van der Waals surface area contributed by atoms with Crippen LogP contribution in [-0.4, -0.2) is 52.9 Å². The molecule has 0 atom stereocenters. The van der Waals surface area contributed by atoms with Gasteiger partial charge in [0.15, 0.2) is 0 Å². The number of aliphatic hydroxyl groups excluding tert-OH is 2. The molecule has 7 nitrogen and oxygen atoms in total. The third-order valence-electron chi connectivity index (χ3n) is 4.54. The maximum atomic E-state index is 13.4. The first kappa shape index (κ1) is 23.6. The average molecular weight is 455 g/mol. The summed E-state index contributed by atoms with van der Waals surface area (Å²) in [5.74, 6) is -0.399. The molecule has 3 N–H and O–H groups in total. The van der Waals surface area contributed by atoms with Gasteiger partial charge in [-0.25, -0.2) is 4.39 Å². The fraction of sp³-hybridized carbons (Fsp3) is 0.333. The van der Waals surface area contributed by atoms with E-state index in [-0.39, 0.29) is 30.5 Å². The number of halogens is 4. The van der Waals surface area contributed by atoms with E-state index in [0.717, 1.165) is 17.7 Å². The number of rotatable bonds is 10. The minimum atomic E-state index is -4.71. The lowest BCUT2D eigenvalue weighted by atomic mass is 10.1. The highest BCUT2D eigenvalue weighted by Crippen LogP contribution is 2.38. The first-order valence-corrected chi connectivity index (χ1v) is 9.64. The molecule has 11 heteroatoms. The lowest BCUT2D eigenvalue weighted by Gasteiger charge is -2.13. The Kier molecular flexibility index (Phi) is 7.78. The summed E-state index contributed by atoms with van der Waals surface area (Å²) < 4.78 is 62.4. The summed E-state index contributed by atoms with van der Waals surface area (Å²) in [5, 5.41) is 25.0. The first-order valence-electron chi connectivity index (χ1n) is 9.64. The Morgan fingerprint density at radius 1 is 1.03 bits per heavy atom. The second kappa shape index (κ2) is 10.5. The van der Waals surface area contributed by atoms with Gasteiger partial charge < -0.3 is 24.8 Å². The van der Waals surface area contributed by atoms with Gasteiger partial charge in [0.05, 0.1) is 24.8 Å². The number of benzene rings is 2. The molecule has 3 aromatic rings. The molecule has 0 saturated carbocycles. The van der Waals surface area contributed by atoms with Gasteiger partial charge in [-0.05, 0) is 23.8 Å². The molecule has 0 aliphatic carbocycles. The number of nitrogens with zero attached hydrogens (tertiary/aromatic N) is 2. The molecule has 1 heterocycles. The number of aliphatic hydroxyl groups is 2. The van der Waals surface area contributed by atoms with Crippen LogP contribution in [0.2, 0.25) is 0 Å². The van der Waals surface area contributed by atoms with E-state index in [4.69, 9.17) is 19.5 Å². The topological polar surface area (TPSA) is 101 Å². The number of aromatic nitrogens is 2. The molecule has 1 aromatic heterocycles. The molecule has 0 aliphatic heterocycles. The molecule has 3 rings (SSSR count). The molecule has 0 unspecified atom stereocenters. The summed E-state index contributed by atoms with van der Waals surface area (Å²) in [4.78, 5) is 4.17.